The van der Waals surface area contributed by atoms with Gasteiger partial charge in [-0.25, -0.2) is 4.79 Å². The van der Waals surface area contributed by atoms with Crippen LogP contribution in [-0.2, 0) is 6.18 Å². The highest BCUT2D eigenvalue weighted by molar-refractivity contribution is 6.00. The topological polar surface area (TPSA) is 102 Å². The summed E-state index contributed by atoms with van der Waals surface area (Å²) in [6.45, 7) is 5.41. The summed E-state index contributed by atoms with van der Waals surface area (Å²) in [4.78, 5) is 28.5. The molecule has 8 nitrogen and oxygen atoms in total. The van der Waals surface area contributed by atoms with Crippen LogP contribution in [-0.4, -0.2) is 29.6 Å². The van der Waals surface area contributed by atoms with Crippen LogP contribution in [0.15, 0.2) is 85.1 Å². The van der Waals surface area contributed by atoms with Gasteiger partial charge in [0, 0.05) is 36.2 Å². The van der Waals surface area contributed by atoms with Crippen LogP contribution in [0.1, 0.15) is 36.8 Å². The lowest BCUT2D eigenvalue weighted by molar-refractivity contribution is -0.137. The van der Waals surface area contributed by atoms with E-state index in [0.29, 0.717) is 28.4 Å². The SMILES string of the molecule is CNC(=O)c1cc(Oc2ccc(NC(=O)Nc3cccc(-c4cc(C(F)(F)F)ccc4OC(C)(C)C)c3)cc2)ccn1. The van der Waals surface area contributed by atoms with Crippen molar-refractivity contribution in [2.24, 2.45) is 0 Å². The standard InChI is InChI=1S/C31H29F3N4O4/c1-30(2,3)42-27-13-8-20(31(32,33)34)17-25(27)19-6-5-7-22(16-19)38-29(40)37-21-9-11-23(12-10-21)41-24-14-15-36-26(18-24)28(39)35-4/h5-18H,1-4H3,(H,35,39)(H2,37,38,40). The van der Waals surface area contributed by atoms with Gasteiger partial charge in [-0.05, 0) is 87.0 Å². The molecule has 3 amide bonds. The molecule has 0 fully saturated rings. The summed E-state index contributed by atoms with van der Waals surface area (Å²) in [6, 6.07) is 18.9. The first kappa shape index (κ1) is 29.9. The quantitative estimate of drug-likeness (QED) is 0.208. The Kier molecular flexibility index (Phi) is 8.70. The number of alkyl halides is 3. The van der Waals surface area contributed by atoms with Gasteiger partial charge >= 0.3 is 12.2 Å². The zero-order valence-electron chi connectivity index (χ0n) is 23.3. The average Bonchev–Trinajstić information content (AvgIpc) is 2.92. The molecule has 0 aliphatic rings. The van der Waals surface area contributed by atoms with E-state index in [0.717, 1.165) is 12.1 Å². The van der Waals surface area contributed by atoms with E-state index < -0.39 is 23.4 Å². The minimum atomic E-state index is -4.53. The molecule has 0 saturated heterocycles. The molecular weight excluding hydrogens is 549 g/mol. The van der Waals surface area contributed by atoms with Crippen LogP contribution >= 0.6 is 0 Å². The first-order chi connectivity index (χ1) is 19.8. The van der Waals surface area contributed by atoms with E-state index in [1.54, 1.807) is 75.4 Å². The van der Waals surface area contributed by atoms with Gasteiger partial charge in [-0.15, -0.1) is 0 Å². The normalized spacial score (nSPS) is 11.4. The summed E-state index contributed by atoms with van der Waals surface area (Å²) < 4.78 is 52.1. The minimum absolute atomic E-state index is 0.208. The number of anilines is 2. The number of halogens is 3. The monoisotopic (exact) mass is 578 g/mol. The molecule has 4 rings (SSSR count). The Balaban J connectivity index is 1.46. The Labute approximate surface area is 240 Å². The zero-order valence-corrected chi connectivity index (χ0v) is 23.3. The fraction of sp³-hybridized carbons (Fsp3) is 0.194. The number of nitrogens with zero attached hydrogens (tertiary/aromatic N) is 1. The van der Waals surface area contributed by atoms with Crippen molar-refractivity contribution in [3.05, 3.63) is 96.3 Å². The molecule has 0 aliphatic heterocycles. The van der Waals surface area contributed by atoms with Gasteiger partial charge in [0.25, 0.3) is 5.91 Å². The van der Waals surface area contributed by atoms with Gasteiger partial charge in [-0.3, -0.25) is 9.78 Å². The summed E-state index contributed by atoms with van der Waals surface area (Å²) in [6.07, 6.45) is -3.07. The van der Waals surface area contributed by atoms with Crippen molar-refractivity contribution in [3.63, 3.8) is 0 Å². The summed E-state index contributed by atoms with van der Waals surface area (Å²) in [7, 11) is 1.51. The molecule has 0 aliphatic carbocycles. The average molecular weight is 579 g/mol. The lowest BCUT2D eigenvalue weighted by Gasteiger charge is -2.24. The van der Waals surface area contributed by atoms with E-state index in [4.69, 9.17) is 9.47 Å². The highest BCUT2D eigenvalue weighted by Gasteiger charge is 2.31. The van der Waals surface area contributed by atoms with Gasteiger partial charge in [0.15, 0.2) is 0 Å². The second-order valence-electron chi connectivity index (χ2n) is 10.2. The van der Waals surface area contributed by atoms with Gasteiger partial charge < -0.3 is 25.4 Å². The van der Waals surface area contributed by atoms with Crippen molar-refractivity contribution in [3.8, 4) is 28.4 Å². The van der Waals surface area contributed by atoms with E-state index in [1.165, 1.54) is 25.4 Å². The molecule has 0 atom stereocenters. The highest BCUT2D eigenvalue weighted by Crippen LogP contribution is 2.39. The number of carbonyl (C=O) groups excluding carboxylic acids is 2. The van der Waals surface area contributed by atoms with E-state index in [-0.39, 0.29) is 22.9 Å². The fourth-order valence-electron chi connectivity index (χ4n) is 3.88. The number of ether oxygens (including phenoxy) is 2. The molecule has 1 aromatic heterocycles. The van der Waals surface area contributed by atoms with Crippen LogP contribution in [0, 0.1) is 0 Å². The third-order valence-electron chi connectivity index (χ3n) is 5.69. The number of urea groups is 1. The Bertz CT molecular complexity index is 1580. The first-order valence-electron chi connectivity index (χ1n) is 12.9. The van der Waals surface area contributed by atoms with Crippen LogP contribution in [0.25, 0.3) is 11.1 Å². The van der Waals surface area contributed by atoms with Crippen molar-refractivity contribution in [2.75, 3.05) is 17.7 Å². The van der Waals surface area contributed by atoms with Crippen LogP contribution in [0.4, 0.5) is 29.3 Å². The van der Waals surface area contributed by atoms with E-state index >= 15 is 0 Å². The fourth-order valence-corrected chi connectivity index (χ4v) is 3.88. The Morgan fingerprint density at radius 2 is 1.52 bits per heavy atom. The molecule has 3 N–H and O–H groups in total. The molecule has 0 unspecified atom stereocenters. The van der Waals surface area contributed by atoms with E-state index in [2.05, 4.69) is 20.9 Å². The number of nitrogens with one attached hydrogen (secondary N) is 3. The number of aromatic nitrogens is 1. The second kappa shape index (κ2) is 12.2. The molecule has 1 heterocycles. The lowest BCUT2D eigenvalue weighted by atomic mass is 10.0. The molecule has 11 heteroatoms. The van der Waals surface area contributed by atoms with Gasteiger partial charge in [-0.1, -0.05) is 12.1 Å². The maximum absolute atomic E-state index is 13.5. The van der Waals surface area contributed by atoms with Crippen molar-refractivity contribution in [1.29, 1.82) is 0 Å². The maximum atomic E-state index is 13.5. The van der Waals surface area contributed by atoms with Gasteiger partial charge in [0.05, 0.1) is 5.56 Å². The molecule has 42 heavy (non-hydrogen) atoms. The number of amides is 3. The minimum Gasteiger partial charge on any atom is -0.488 e. The molecule has 218 valence electrons. The van der Waals surface area contributed by atoms with Crippen molar-refractivity contribution in [2.45, 2.75) is 32.5 Å². The van der Waals surface area contributed by atoms with Crippen LogP contribution in [0.2, 0.25) is 0 Å². The van der Waals surface area contributed by atoms with Crippen molar-refractivity contribution in [1.82, 2.24) is 10.3 Å². The number of benzene rings is 3. The number of hydrogen-bond acceptors (Lipinski definition) is 5. The van der Waals surface area contributed by atoms with Crippen LogP contribution in [0.3, 0.4) is 0 Å². The lowest BCUT2D eigenvalue weighted by Crippen LogP contribution is -2.23. The summed E-state index contributed by atoms with van der Waals surface area (Å²) in [5, 5.41) is 7.90. The highest BCUT2D eigenvalue weighted by atomic mass is 19.4. The third-order valence-corrected chi connectivity index (χ3v) is 5.69. The molecule has 0 spiro atoms. The van der Waals surface area contributed by atoms with Gasteiger partial charge in [0.1, 0.15) is 28.5 Å². The predicted molar refractivity (Wildman–Crippen MR) is 154 cm³/mol. The van der Waals surface area contributed by atoms with Gasteiger partial charge in [0.2, 0.25) is 0 Å². The zero-order chi connectivity index (χ0) is 30.5. The predicted octanol–water partition coefficient (Wildman–Crippen LogP) is 7.74. The molecule has 0 saturated carbocycles. The Morgan fingerprint density at radius 3 is 2.19 bits per heavy atom. The molecular formula is C31H29F3N4O4. The second-order valence-corrected chi connectivity index (χ2v) is 10.2. The Morgan fingerprint density at radius 1 is 0.810 bits per heavy atom. The molecule has 0 bridgehead atoms. The van der Waals surface area contributed by atoms with E-state index in [9.17, 15) is 22.8 Å². The third kappa shape index (κ3) is 8.00. The smallest absolute Gasteiger partial charge is 0.416 e. The van der Waals surface area contributed by atoms with Crippen molar-refractivity contribution >= 4 is 23.3 Å². The number of hydrogen-bond donors (Lipinski definition) is 3. The van der Waals surface area contributed by atoms with Gasteiger partial charge in [-0.2, -0.15) is 13.2 Å². The number of carbonyl (C=O) groups is 2. The molecule has 4 aromatic rings. The maximum Gasteiger partial charge on any atom is 0.416 e. The first-order valence-corrected chi connectivity index (χ1v) is 12.9. The van der Waals surface area contributed by atoms with Crippen molar-refractivity contribution < 1.29 is 32.2 Å². The summed E-state index contributed by atoms with van der Waals surface area (Å²) in [5.41, 5.74) is 0.284. The van der Waals surface area contributed by atoms with E-state index in [1.807, 2.05) is 0 Å². The molecule has 3 aromatic carbocycles. The summed E-state index contributed by atoms with van der Waals surface area (Å²) in [5.74, 6) is 0.830. The molecule has 0 radical (unpaired) electrons. The number of pyridine rings is 1. The largest absolute Gasteiger partial charge is 0.488 e. The van der Waals surface area contributed by atoms with Crippen LogP contribution in [0.5, 0.6) is 17.2 Å². The Hall–Kier alpha value is -5.06. The number of rotatable bonds is 7. The summed E-state index contributed by atoms with van der Waals surface area (Å²) >= 11 is 0. The van der Waals surface area contributed by atoms with Crippen LogP contribution < -0.4 is 25.4 Å².